The molecule has 0 unspecified atom stereocenters. The summed E-state index contributed by atoms with van der Waals surface area (Å²) in [6.07, 6.45) is 3.58. The second-order valence-electron chi connectivity index (χ2n) is 7.18. The number of anilines is 1. The molecule has 5 rings (SSSR count). The number of hydrogen-bond donors (Lipinski definition) is 2. The maximum atomic E-state index is 14.1. The van der Waals surface area contributed by atoms with E-state index in [-0.39, 0.29) is 10.9 Å². The van der Waals surface area contributed by atoms with Gasteiger partial charge in [0.15, 0.2) is 11.5 Å². The van der Waals surface area contributed by atoms with Crippen LogP contribution in [0, 0.1) is 12.7 Å². The second-order valence-corrected chi connectivity index (χ2v) is 7.62. The van der Waals surface area contributed by atoms with Crippen molar-refractivity contribution in [1.82, 2.24) is 24.5 Å². The Morgan fingerprint density at radius 1 is 1.16 bits per heavy atom. The average Bonchev–Trinajstić information content (AvgIpc) is 3.23. The molecule has 3 aromatic heterocycles. The Labute approximate surface area is 187 Å². The summed E-state index contributed by atoms with van der Waals surface area (Å²) < 4.78 is 15.6. The predicted molar refractivity (Wildman–Crippen MR) is 125 cm³/mol. The number of aromatic nitrogens is 5. The van der Waals surface area contributed by atoms with Gasteiger partial charge >= 0.3 is 0 Å². The van der Waals surface area contributed by atoms with Crippen LogP contribution in [0.15, 0.2) is 59.9 Å². The summed E-state index contributed by atoms with van der Waals surface area (Å²) in [7, 11) is 0. The molecule has 162 valence electrons. The lowest BCUT2D eigenvalue weighted by atomic mass is 10.1. The molecule has 0 bridgehead atoms. The number of nitrogens with zero attached hydrogens (tertiary/aromatic N) is 4. The third-order valence-electron chi connectivity index (χ3n) is 4.97. The van der Waals surface area contributed by atoms with Crippen molar-refractivity contribution in [3.05, 3.63) is 87.6 Å². The van der Waals surface area contributed by atoms with E-state index in [1.54, 1.807) is 22.8 Å². The molecule has 3 heterocycles. The summed E-state index contributed by atoms with van der Waals surface area (Å²) in [5, 5.41) is 1.28. The van der Waals surface area contributed by atoms with Crippen LogP contribution in [-0.4, -0.2) is 24.5 Å². The first-order chi connectivity index (χ1) is 15.4. The quantitative estimate of drug-likeness (QED) is 0.409. The number of benzene rings is 2. The molecule has 0 saturated carbocycles. The fourth-order valence-corrected chi connectivity index (χ4v) is 3.83. The number of imidazole rings is 1. The van der Waals surface area contributed by atoms with Gasteiger partial charge in [-0.1, -0.05) is 30.7 Å². The lowest BCUT2D eigenvalue weighted by Crippen LogP contribution is -2.22. The highest BCUT2D eigenvalue weighted by Gasteiger charge is 2.13. The van der Waals surface area contributed by atoms with E-state index in [1.165, 1.54) is 18.7 Å². The molecule has 9 heteroatoms. The van der Waals surface area contributed by atoms with E-state index in [2.05, 4.69) is 19.9 Å². The number of nitrogens with two attached hydrogens (primary N) is 1. The fraction of sp³-hybridized carbons (Fsp3) is 0.130. The van der Waals surface area contributed by atoms with Crippen molar-refractivity contribution in [1.29, 1.82) is 0 Å². The van der Waals surface area contributed by atoms with Crippen molar-refractivity contribution in [2.45, 2.75) is 20.3 Å². The van der Waals surface area contributed by atoms with Crippen molar-refractivity contribution < 1.29 is 4.39 Å². The van der Waals surface area contributed by atoms with Gasteiger partial charge in [0.05, 0.1) is 17.4 Å². The first-order valence-electron chi connectivity index (χ1n) is 9.89. The van der Waals surface area contributed by atoms with Crippen molar-refractivity contribution in [2.75, 3.05) is 5.73 Å². The van der Waals surface area contributed by atoms with Gasteiger partial charge in [0, 0.05) is 10.7 Å². The van der Waals surface area contributed by atoms with Gasteiger partial charge in [-0.2, -0.15) is 0 Å². The number of fused-ring (bicyclic) bond motifs is 2. The number of halogens is 2. The minimum absolute atomic E-state index is 0.109. The number of pyridine rings is 1. The first kappa shape index (κ1) is 21.5. The van der Waals surface area contributed by atoms with E-state index in [4.69, 9.17) is 17.3 Å². The number of rotatable bonds is 2. The van der Waals surface area contributed by atoms with Crippen LogP contribution in [-0.2, 0) is 6.42 Å². The van der Waals surface area contributed by atoms with E-state index in [9.17, 15) is 9.18 Å². The minimum Gasteiger partial charge on any atom is -0.382 e. The molecular formula is C23H20ClFN6O. The highest BCUT2D eigenvalue weighted by atomic mass is 35.5. The zero-order chi connectivity index (χ0) is 22.8. The Bertz CT molecular complexity index is 1470. The predicted octanol–water partition coefficient (Wildman–Crippen LogP) is 4.59. The zero-order valence-corrected chi connectivity index (χ0v) is 18.2. The molecule has 3 N–H and O–H groups in total. The average molecular weight is 451 g/mol. The highest BCUT2D eigenvalue weighted by Crippen LogP contribution is 2.22. The molecule has 0 amide bonds. The SMILES string of the molecule is CCc1cc2cccc(F)c2c(=O)n1-c1cc(C)cc(Cl)c1.Nc1ncnc2nc[nH]c12. The van der Waals surface area contributed by atoms with E-state index >= 15 is 0 Å². The van der Waals surface area contributed by atoms with Gasteiger partial charge in [-0.3, -0.25) is 9.36 Å². The van der Waals surface area contributed by atoms with Crippen LogP contribution in [0.4, 0.5) is 10.2 Å². The van der Waals surface area contributed by atoms with E-state index < -0.39 is 5.82 Å². The van der Waals surface area contributed by atoms with E-state index in [0.717, 1.165) is 11.3 Å². The topological polar surface area (TPSA) is 102 Å². The molecule has 0 spiro atoms. The van der Waals surface area contributed by atoms with Crippen LogP contribution in [0.3, 0.4) is 0 Å². The molecule has 0 aliphatic carbocycles. The van der Waals surface area contributed by atoms with Gasteiger partial charge in [-0.05, 0) is 54.6 Å². The maximum absolute atomic E-state index is 14.1. The summed E-state index contributed by atoms with van der Waals surface area (Å²) in [5.74, 6) is -0.0693. The summed E-state index contributed by atoms with van der Waals surface area (Å²) in [4.78, 5) is 27.2. The van der Waals surface area contributed by atoms with Crippen molar-refractivity contribution in [2.24, 2.45) is 0 Å². The Kier molecular flexibility index (Phi) is 5.87. The molecule has 0 fully saturated rings. The monoisotopic (exact) mass is 450 g/mol. The molecule has 0 atom stereocenters. The van der Waals surface area contributed by atoms with Crippen LogP contribution in [0.2, 0.25) is 5.02 Å². The fourth-order valence-electron chi connectivity index (χ4n) is 3.55. The van der Waals surface area contributed by atoms with Crippen LogP contribution in [0.5, 0.6) is 0 Å². The molecule has 5 aromatic rings. The number of aryl methyl sites for hydroxylation is 2. The minimum atomic E-state index is -0.502. The second kappa shape index (κ2) is 8.76. The molecule has 0 radical (unpaired) electrons. The molecule has 32 heavy (non-hydrogen) atoms. The third-order valence-corrected chi connectivity index (χ3v) is 5.19. The number of nitrogens with one attached hydrogen (secondary N) is 1. The van der Waals surface area contributed by atoms with Crippen molar-refractivity contribution >= 4 is 39.4 Å². The largest absolute Gasteiger partial charge is 0.382 e. The smallest absolute Gasteiger partial charge is 0.266 e. The lowest BCUT2D eigenvalue weighted by Gasteiger charge is -2.15. The number of aromatic amines is 1. The van der Waals surface area contributed by atoms with Gasteiger partial charge in [0.2, 0.25) is 0 Å². The number of hydrogen-bond acceptors (Lipinski definition) is 5. The van der Waals surface area contributed by atoms with Crippen molar-refractivity contribution in [3.63, 3.8) is 0 Å². The molecule has 2 aromatic carbocycles. The van der Waals surface area contributed by atoms with Crippen molar-refractivity contribution in [3.8, 4) is 5.69 Å². The lowest BCUT2D eigenvalue weighted by molar-refractivity contribution is 0.637. The van der Waals surface area contributed by atoms with Gasteiger partial charge in [0.25, 0.3) is 5.56 Å². The summed E-state index contributed by atoms with van der Waals surface area (Å²) in [5.41, 5.74) is 8.86. The standard InChI is InChI=1S/C18H15ClFNO.C5H5N5/c1-3-14-9-12-5-4-6-16(20)17(12)18(22)21(14)15-8-11(2)7-13(19)10-15;6-4-3-5(9-1-7-3)10-2-8-4/h4-10H,3H2,1-2H3;1-2H,(H3,6,7,8,9,10). The molecular weight excluding hydrogens is 431 g/mol. The molecule has 7 nitrogen and oxygen atoms in total. The van der Waals surface area contributed by atoms with E-state index in [0.29, 0.717) is 39.5 Å². The van der Waals surface area contributed by atoms with Gasteiger partial charge in [-0.25, -0.2) is 19.3 Å². The number of nitrogen functional groups attached to an aromatic ring is 1. The van der Waals surface area contributed by atoms with Gasteiger partial charge < -0.3 is 10.7 Å². The van der Waals surface area contributed by atoms with Gasteiger partial charge in [-0.15, -0.1) is 0 Å². The number of H-pyrrole nitrogens is 1. The molecule has 0 saturated heterocycles. The summed E-state index contributed by atoms with van der Waals surface area (Å²) >= 11 is 6.11. The highest BCUT2D eigenvalue weighted by molar-refractivity contribution is 6.30. The third kappa shape index (κ3) is 4.04. The Morgan fingerprint density at radius 2 is 1.97 bits per heavy atom. The Morgan fingerprint density at radius 3 is 2.69 bits per heavy atom. The summed E-state index contributed by atoms with van der Waals surface area (Å²) in [6.45, 7) is 3.88. The van der Waals surface area contributed by atoms with Crippen LogP contribution >= 0.6 is 11.6 Å². The summed E-state index contributed by atoms with van der Waals surface area (Å²) in [6, 6.07) is 12.0. The van der Waals surface area contributed by atoms with Crippen LogP contribution in [0.25, 0.3) is 27.6 Å². The molecule has 0 aliphatic rings. The van der Waals surface area contributed by atoms with Crippen LogP contribution < -0.4 is 11.3 Å². The molecule has 0 aliphatic heterocycles. The maximum Gasteiger partial charge on any atom is 0.266 e. The Balaban J connectivity index is 0.000000203. The van der Waals surface area contributed by atoms with E-state index in [1.807, 2.05) is 32.0 Å². The zero-order valence-electron chi connectivity index (χ0n) is 17.4. The Hall–Kier alpha value is -3.78. The van der Waals surface area contributed by atoms with Gasteiger partial charge in [0.1, 0.15) is 17.7 Å². The van der Waals surface area contributed by atoms with Crippen LogP contribution in [0.1, 0.15) is 18.2 Å². The normalized spacial score (nSPS) is 10.9. The first-order valence-corrected chi connectivity index (χ1v) is 10.3.